The molecule has 0 fully saturated rings. The lowest BCUT2D eigenvalue weighted by atomic mass is 10.0. The number of aromatic hydroxyl groups is 1. The maximum Gasteiger partial charge on any atom is 0.115 e. The van der Waals surface area contributed by atoms with Crippen LogP contribution in [0.2, 0.25) is 0 Å². The molecule has 2 nitrogen and oxygen atoms in total. The zero-order valence-electron chi connectivity index (χ0n) is 9.66. The van der Waals surface area contributed by atoms with Gasteiger partial charge in [0.15, 0.2) is 0 Å². The van der Waals surface area contributed by atoms with E-state index in [2.05, 4.69) is 25.2 Å². The van der Waals surface area contributed by atoms with E-state index in [-0.39, 0.29) is 0 Å². The summed E-state index contributed by atoms with van der Waals surface area (Å²) in [6.07, 6.45) is 3.27. The zero-order chi connectivity index (χ0) is 11.1. The minimum absolute atomic E-state index is 0.359. The molecule has 1 atom stereocenters. The Labute approximate surface area is 92.3 Å². The van der Waals surface area contributed by atoms with Crippen LogP contribution in [0.5, 0.6) is 5.75 Å². The largest absolute Gasteiger partial charge is 0.508 e. The monoisotopic (exact) mass is 207 g/mol. The molecule has 0 aromatic heterocycles. The van der Waals surface area contributed by atoms with E-state index in [1.165, 1.54) is 5.56 Å². The van der Waals surface area contributed by atoms with E-state index < -0.39 is 0 Å². The van der Waals surface area contributed by atoms with Crippen LogP contribution in [0.3, 0.4) is 0 Å². The second kappa shape index (κ2) is 6.46. The van der Waals surface area contributed by atoms with Crippen LogP contribution in [0.15, 0.2) is 24.3 Å². The van der Waals surface area contributed by atoms with Gasteiger partial charge >= 0.3 is 0 Å². The van der Waals surface area contributed by atoms with E-state index in [0.29, 0.717) is 11.8 Å². The van der Waals surface area contributed by atoms with Crippen LogP contribution in [0, 0.1) is 0 Å². The Kier molecular flexibility index (Phi) is 5.19. The highest BCUT2D eigenvalue weighted by molar-refractivity contribution is 5.27. The van der Waals surface area contributed by atoms with Gasteiger partial charge in [0.1, 0.15) is 5.75 Å². The van der Waals surface area contributed by atoms with Crippen LogP contribution < -0.4 is 5.32 Å². The predicted octanol–water partition coefficient (Wildman–Crippen LogP) is 2.71. The molecule has 0 aliphatic carbocycles. The zero-order valence-corrected chi connectivity index (χ0v) is 9.66. The molecule has 84 valence electrons. The summed E-state index contributed by atoms with van der Waals surface area (Å²) in [4.78, 5) is 0. The van der Waals surface area contributed by atoms with E-state index in [4.69, 9.17) is 0 Å². The Balaban J connectivity index is 2.50. The first-order chi connectivity index (χ1) is 7.26. The van der Waals surface area contributed by atoms with Gasteiger partial charge in [0.25, 0.3) is 0 Å². The molecule has 1 aromatic rings. The molecule has 2 heteroatoms. The van der Waals surface area contributed by atoms with Crippen LogP contribution in [0.4, 0.5) is 0 Å². The van der Waals surface area contributed by atoms with Crippen molar-refractivity contribution in [2.75, 3.05) is 6.54 Å². The van der Waals surface area contributed by atoms with E-state index in [1.54, 1.807) is 6.07 Å². The molecule has 15 heavy (non-hydrogen) atoms. The van der Waals surface area contributed by atoms with Crippen molar-refractivity contribution in [2.45, 2.75) is 39.2 Å². The van der Waals surface area contributed by atoms with Gasteiger partial charge in [0.2, 0.25) is 0 Å². The average Bonchev–Trinajstić information content (AvgIpc) is 2.24. The van der Waals surface area contributed by atoms with Crippen molar-refractivity contribution in [1.29, 1.82) is 0 Å². The Morgan fingerprint density at radius 2 is 2.13 bits per heavy atom. The first-order valence-electron chi connectivity index (χ1n) is 5.77. The van der Waals surface area contributed by atoms with E-state index in [9.17, 15) is 5.11 Å². The maximum atomic E-state index is 9.35. The van der Waals surface area contributed by atoms with Gasteiger partial charge in [-0.05, 0) is 43.5 Å². The second-order valence-corrected chi connectivity index (χ2v) is 3.93. The molecular formula is C13H21NO. The molecule has 0 spiro atoms. The van der Waals surface area contributed by atoms with Gasteiger partial charge in [-0.3, -0.25) is 0 Å². The minimum Gasteiger partial charge on any atom is -0.508 e. The standard InChI is InChI=1S/C13H21NO/c1-3-8-14-12(4-2)9-11-6-5-7-13(15)10-11/h5-7,10,12,14-15H,3-4,8-9H2,1-2H3. The maximum absolute atomic E-state index is 9.35. The van der Waals surface area contributed by atoms with Crippen LogP contribution >= 0.6 is 0 Å². The number of phenolic OH excluding ortho intramolecular Hbond substituents is 1. The third-order valence-electron chi connectivity index (χ3n) is 2.57. The summed E-state index contributed by atoms with van der Waals surface area (Å²) in [5.74, 6) is 0.359. The fourth-order valence-electron chi connectivity index (χ4n) is 1.68. The van der Waals surface area contributed by atoms with Crippen molar-refractivity contribution in [1.82, 2.24) is 5.32 Å². The van der Waals surface area contributed by atoms with Gasteiger partial charge in [0, 0.05) is 6.04 Å². The number of hydrogen-bond acceptors (Lipinski definition) is 2. The summed E-state index contributed by atoms with van der Waals surface area (Å²) in [5, 5.41) is 12.9. The molecule has 0 aliphatic heterocycles. The smallest absolute Gasteiger partial charge is 0.115 e. The van der Waals surface area contributed by atoms with Crippen LogP contribution in [-0.2, 0) is 6.42 Å². The van der Waals surface area contributed by atoms with Crippen LogP contribution in [-0.4, -0.2) is 17.7 Å². The highest BCUT2D eigenvalue weighted by Gasteiger charge is 2.06. The van der Waals surface area contributed by atoms with Crippen LogP contribution in [0.25, 0.3) is 0 Å². The van der Waals surface area contributed by atoms with Crippen LogP contribution in [0.1, 0.15) is 32.3 Å². The van der Waals surface area contributed by atoms with Crippen molar-refractivity contribution < 1.29 is 5.11 Å². The van der Waals surface area contributed by atoms with Gasteiger partial charge in [-0.2, -0.15) is 0 Å². The number of nitrogens with one attached hydrogen (secondary N) is 1. The van der Waals surface area contributed by atoms with Crippen molar-refractivity contribution in [2.24, 2.45) is 0 Å². The van der Waals surface area contributed by atoms with E-state index in [0.717, 1.165) is 25.8 Å². The molecule has 0 bridgehead atoms. The lowest BCUT2D eigenvalue weighted by molar-refractivity contribution is 0.470. The Bertz CT molecular complexity index is 286. The fraction of sp³-hybridized carbons (Fsp3) is 0.538. The minimum atomic E-state index is 0.359. The molecule has 0 heterocycles. The third-order valence-corrected chi connectivity index (χ3v) is 2.57. The highest BCUT2D eigenvalue weighted by Crippen LogP contribution is 2.13. The highest BCUT2D eigenvalue weighted by atomic mass is 16.3. The first-order valence-corrected chi connectivity index (χ1v) is 5.77. The molecule has 1 unspecified atom stereocenters. The second-order valence-electron chi connectivity index (χ2n) is 3.93. The first kappa shape index (κ1) is 12.1. The fourth-order valence-corrected chi connectivity index (χ4v) is 1.68. The summed E-state index contributed by atoms with van der Waals surface area (Å²) in [7, 11) is 0. The van der Waals surface area contributed by atoms with Crippen molar-refractivity contribution in [3.05, 3.63) is 29.8 Å². The summed E-state index contributed by atoms with van der Waals surface area (Å²) in [6, 6.07) is 8.04. The number of benzene rings is 1. The van der Waals surface area contributed by atoms with Gasteiger partial charge < -0.3 is 10.4 Å². The lowest BCUT2D eigenvalue weighted by Crippen LogP contribution is -2.31. The van der Waals surface area contributed by atoms with Crippen molar-refractivity contribution >= 4 is 0 Å². The molecule has 0 saturated heterocycles. The van der Waals surface area contributed by atoms with Gasteiger partial charge in [0.05, 0.1) is 0 Å². The topological polar surface area (TPSA) is 32.3 Å². The van der Waals surface area contributed by atoms with E-state index >= 15 is 0 Å². The molecule has 2 N–H and O–H groups in total. The van der Waals surface area contributed by atoms with Crippen molar-refractivity contribution in [3.8, 4) is 5.75 Å². The summed E-state index contributed by atoms with van der Waals surface area (Å²) >= 11 is 0. The van der Waals surface area contributed by atoms with Gasteiger partial charge in [-0.1, -0.05) is 26.0 Å². The third kappa shape index (κ3) is 4.34. The van der Waals surface area contributed by atoms with Gasteiger partial charge in [-0.15, -0.1) is 0 Å². The Hall–Kier alpha value is -1.02. The SMILES string of the molecule is CCCNC(CC)Cc1cccc(O)c1. The predicted molar refractivity (Wildman–Crippen MR) is 64.2 cm³/mol. The average molecular weight is 207 g/mol. The quantitative estimate of drug-likeness (QED) is 0.751. The van der Waals surface area contributed by atoms with Gasteiger partial charge in [-0.25, -0.2) is 0 Å². The molecule has 0 amide bonds. The number of phenols is 1. The number of rotatable bonds is 6. The molecule has 1 aromatic carbocycles. The molecule has 1 rings (SSSR count). The lowest BCUT2D eigenvalue weighted by Gasteiger charge is -2.16. The Morgan fingerprint density at radius 3 is 2.73 bits per heavy atom. The summed E-state index contributed by atoms with van der Waals surface area (Å²) in [5.41, 5.74) is 1.20. The molecule has 0 saturated carbocycles. The van der Waals surface area contributed by atoms with Crippen molar-refractivity contribution in [3.63, 3.8) is 0 Å². The summed E-state index contributed by atoms with van der Waals surface area (Å²) < 4.78 is 0. The molecular weight excluding hydrogens is 186 g/mol. The normalized spacial score (nSPS) is 12.7. The molecule has 0 aliphatic rings. The summed E-state index contributed by atoms with van der Waals surface area (Å²) in [6.45, 7) is 5.43. The number of hydrogen-bond donors (Lipinski definition) is 2. The van der Waals surface area contributed by atoms with E-state index in [1.807, 2.05) is 12.1 Å². The Morgan fingerprint density at radius 1 is 1.33 bits per heavy atom. The molecule has 0 radical (unpaired) electrons.